The Kier molecular flexibility index (Phi) is 10.1. The van der Waals surface area contributed by atoms with Crippen LogP contribution >= 0.6 is 11.6 Å². The first-order valence-corrected chi connectivity index (χ1v) is 24.4. The van der Waals surface area contributed by atoms with E-state index in [1.54, 1.807) is 0 Å². The summed E-state index contributed by atoms with van der Waals surface area (Å²) in [6, 6.07) is 0. The summed E-state index contributed by atoms with van der Waals surface area (Å²) >= 11 is 6.77. The Morgan fingerprint density at radius 2 is 1.52 bits per heavy atom. The minimum absolute atomic E-state index is 0.0607. The van der Waals surface area contributed by atoms with Gasteiger partial charge in [0.25, 0.3) is 0 Å². The van der Waals surface area contributed by atoms with Gasteiger partial charge in [0.1, 0.15) is 23.1 Å². The molecule has 0 aromatic carbocycles. The van der Waals surface area contributed by atoms with Gasteiger partial charge in [-0.2, -0.15) is 4.98 Å². The summed E-state index contributed by atoms with van der Waals surface area (Å²) in [5.74, 6) is 0.507. The molecule has 2 aromatic heterocycles. The third kappa shape index (κ3) is 7.35. The van der Waals surface area contributed by atoms with Crippen molar-refractivity contribution in [1.82, 2.24) is 14.5 Å². The highest BCUT2D eigenvalue weighted by Gasteiger charge is 2.47. The van der Waals surface area contributed by atoms with E-state index in [2.05, 4.69) is 112 Å². The van der Waals surface area contributed by atoms with Crippen LogP contribution < -0.4 is 4.98 Å². The highest BCUT2D eigenvalue weighted by atomic mass is 35.5. The van der Waals surface area contributed by atoms with Crippen LogP contribution in [0.25, 0.3) is 11.0 Å². The molecule has 3 atom stereocenters. The molecule has 0 radical (unpaired) electrons. The third-order valence-corrected chi connectivity index (χ3v) is 24.2. The molecule has 0 unspecified atom stereocenters. The molecule has 1 aliphatic rings. The molecular weight excluding hydrogens is 600 g/mol. The molecular formula is C30H57ClN4O4Si3. The Morgan fingerprint density at radius 3 is 2.02 bits per heavy atom. The number of nitrogens with one attached hydrogen (secondary N) is 1. The molecule has 0 saturated carbocycles. The van der Waals surface area contributed by atoms with Crippen molar-refractivity contribution >= 4 is 53.5 Å². The van der Waals surface area contributed by atoms with Gasteiger partial charge in [-0.3, -0.25) is 0 Å². The fraction of sp³-hybridized carbons (Fsp3) is 0.800. The van der Waals surface area contributed by atoms with Gasteiger partial charge in [0.05, 0.1) is 24.7 Å². The first-order valence-electron chi connectivity index (χ1n) is 15.2. The molecule has 12 heteroatoms. The number of aromatic nitrogens is 3. The van der Waals surface area contributed by atoms with Gasteiger partial charge in [-0.05, 0) is 41.3 Å². The van der Waals surface area contributed by atoms with E-state index in [9.17, 15) is 5.11 Å². The van der Waals surface area contributed by atoms with E-state index < -0.39 is 24.9 Å². The SMILES string of the molecule is CC(C)(C)[Si](C)(C)Nc1nc(Cl)c2c(CO)cn([C@H]3C[C@H](O[Si](C)(C)C(C)(C)C)[C@@H](CO[Si](C)(C)C(C)(C)C)O3)c2n1. The fourth-order valence-electron chi connectivity index (χ4n) is 4.25. The van der Waals surface area contributed by atoms with Crippen LogP contribution in [0.15, 0.2) is 6.20 Å². The van der Waals surface area contributed by atoms with Crippen molar-refractivity contribution in [3.8, 4) is 0 Å². The van der Waals surface area contributed by atoms with E-state index in [0.717, 1.165) is 0 Å². The van der Waals surface area contributed by atoms with Gasteiger partial charge >= 0.3 is 0 Å². The van der Waals surface area contributed by atoms with E-state index in [-0.39, 0.29) is 40.2 Å². The second-order valence-corrected chi connectivity index (χ2v) is 31.5. The van der Waals surface area contributed by atoms with E-state index >= 15 is 0 Å². The number of fused-ring (bicyclic) bond motifs is 1. The zero-order valence-electron chi connectivity index (χ0n) is 28.8. The van der Waals surface area contributed by atoms with Gasteiger partial charge in [0.15, 0.2) is 24.9 Å². The summed E-state index contributed by atoms with van der Waals surface area (Å²) in [6.07, 6.45) is 1.86. The van der Waals surface area contributed by atoms with Crippen LogP contribution in [0.4, 0.5) is 5.95 Å². The number of hydrogen-bond donors (Lipinski definition) is 2. The predicted octanol–water partition coefficient (Wildman–Crippen LogP) is 8.69. The van der Waals surface area contributed by atoms with Crippen molar-refractivity contribution in [2.24, 2.45) is 0 Å². The highest BCUT2D eigenvalue weighted by Crippen LogP contribution is 2.44. The summed E-state index contributed by atoms with van der Waals surface area (Å²) < 4.78 is 22.5. The summed E-state index contributed by atoms with van der Waals surface area (Å²) in [6.45, 7) is 34.2. The number of nitrogens with zero attached hydrogens (tertiary/aromatic N) is 3. The number of anilines is 1. The number of rotatable bonds is 9. The fourth-order valence-corrected chi connectivity index (χ4v) is 7.95. The Labute approximate surface area is 262 Å². The van der Waals surface area contributed by atoms with E-state index in [4.69, 9.17) is 30.2 Å². The Morgan fingerprint density at radius 1 is 0.952 bits per heavy atom. The maximum atomic E-state index is 10.3. The molecule has 3 heterocycles. The second-order valence-electron chi connectivity index (χ2n) is 16.6. The van der Waals surface area contributed by atoms with Gasteiger partial charge < -0.3 is 28.2 Å². The predicted molar refractivity (Wildman–Crippen MR) is 183 cm³/mol. The topological polar surface area (TPSA) is 90.7 Å². The number of ether oxygens (including phenoxy) is 1. The van der Waals surface area contributed by atoms with Crippen LogP contribution in [0.5, 0.6) is 0 Å². The van der Waals surface area contributed by atoms with Gasteiger partial charge in [0.2, 0.25) is 5.95 Å². The van der Waals surface area contributed by atoms with Crippen LogP contribution in [0, 0.1) is 0 Å². The molecule has 42 heavy (non-hydrogen) atoms. The third-order valence-electron chi connectivity index (χ3n) is 10.3. The molecule has 1 saturated heterocycles. The molecule has 0 spiro atoms. The quantitative estimate of drug-likeness (QED) is 0.206. The van der Waals surface area contributed by atoms with Gasteiger partial charge in [-0.25, -0.2) is 4.98 Å². The highest BCUT2D eigenvalue weighted by molar-refractivity contribution is 6.82. The van der Waals surface area contributed by atoms with Crippen molar-refractivity contribution in [3.05, 3.63) is 16.9 Å². The van der Waals surface area contributed by atoms with Gasteiger partial charge in [-0.1, -0.05) is 87.0 Å². The van der Waals surface area contributed by atoms with E-state index in [0.29, 0.717) is 40.7 Å². The lowest BCUT2D eigenvalue weighted by Gasteiger charge is -2.40. The summed E-state index contributed by atoms with van der Waals surface area (Å²) in [5.41, 5.74) is 1.34. The van der Waals surface area contributed by atoms with Crippen molar-refractivity contribution in [1.29, 1.82) is 0 Å². The van der Waals surface area contributed by atoms with Crippen LogP contribution in [0.2, 0.25) is 59.5 Å². The maximum absolute atomic E-state index is 10.3. The monoisotopic (exact) mass is 656 g/mol. The Balaban J connectivity index is 2.05. The summed E-state index contributed by atoms with van der Waals surface area (Å²) in [5, 5.41) is 11.5. The lowest BCUT2D eigenvalue weighted by atomic mass is 10.2. The minimum Gasteiger partial charge on any atom is -0.414 e. The normalized spacial score (nSPS) is 21.4. The zero-order chi connectivity index (χ0) is 32.3. The molecule has 0 aliphatic carbocycles. The van der Waals surface area contributed by atoms with E-state index in [1.807, 2.05) is 10.8 Å². The Bertz CT molecular complexity index is 1260. The zero-order valence-corrected chi connectivity index (χ0v) is 32.6. The molecule has 1 aliphatic heterocycles. The number of aliphatic hydroxyl groups is 1. The average Bonchev–Trinajstić information content (AvgIpc) is 3.36. The van der Waals surface area contributed by atoms with Crippen molar-refractivity contribution < 1.29 is 18.7 Å². The van der Waals surface area contributed by atoms with Crippen LogP contribution in [0.1, 0.15) is 80.5 Å². The molecule has 3 rings (SSSR count). The van der Waals surface area contributed by atoms with Crippen LogP contribution in [-0.2, 0) is 20.2 Å². The molecule has 2 aromatic rings. The second kappa shape index (κ2) is 11.9. The summed E-state index contributed by atoms with van der Waals surface area (Å²) in [7, 11) is -6.07. The smallest absolute Gasteiger partial charge is 0.218 e. The van der Waals surface area contributed by atoms with E-state index in [1.165, 1.54) is 0 Å². The van der Waals surface area contributed by atoms with Crippen molar-refractivity contribution in [2.75, 3.05) is 11.6 Å². The number of aliphatic hydroxyl groups excluding tert-OH is 1. The molecule has 2 N–H and O–H groups in total. The van der Waals surface area contributed by atoms with Crippen molar-refractivity contribution in [2.45, 2.75) is 148 Å². The summed E-state index contributed by atoms with van der Waals surface area (Å²) in [4.78, 5) is 13.2. The molecule has 240 valence electrons. The lowest BCUT2D eigenvalue weighted by molar-refractivity contribution is -0.0382. The number of halogens is 1. The minimum atomic E-state index is -2.10. The molecule has 8 nitrogen and oxygen atoms in total. The Hall–Kier alpha value is -0.799. The lowest BCUT2D eigenvalue weighted by Crippen LogP contribution is -2.48. The number of hydrogen-bond acceptors (Lipinski definition) is 7. The molecule has 0 amide bonds. The first kappa shape index (κ1) is 35.7. The van der Waals surface area contributed by atoms with Crippen LogP contribution in [-0.4, -0.2) is 63.3 Å². The van der Waals surface area contributed by atoms with Crippen LogP contribution in [0.3, 0.4) is 0 Å². The van der Waals surface area contributed by atoms with Gasteiger partial charge in [-0.15, -0.1) is 0 Å². The first-order chi connectivity index (χ1) is 18.8. The van der Waals surface area contributed by atoms with Gasteiger partial charge in [0, 0.05) is 18.2 Å². The van der Waals surface area contributed by atoms with Crippen molar-refractivity contribution in [3.63, 3.8) is 0 Å². The standard InChI is InChI=1S/C30H57ClN4O4Si3/c1-28(2,3)40(10,11)34-27-32-25(31)24-20(18-36)17-35(26(24)33-27)23-16-21(39-42(14,15)30(7,8)9)22(38-23)19-37-41(12,13)29(4,5)6/h17,21-23,36H,16,18-19H2,1-15H3,(H,32,33,34)/t21-,22+,23+/m0/s1. The molecule has 0 bridgehead atoms. The molecule has 1 fully saturated rings. The maximum Gasteiger partial charge on any atom is 0.218 e. The average molecular weight is 658 g/mol. The largest absolute Gasteiger partial charge is 0.414 e.